The molecule has 3 aromatic heterocycles. The lowest BCUT2D eigenvalue weighted by molar-refractivity contribution is 0.0946. The van der Waals surface area contributed by atoms with Crippen molar-refractivity contribution in [1.29, 1.82) is 0 Å². The Hall–Kier alpha value is -2.81. The Kier molecular flexibility index (Phi) is 4.26. The van der Waals surface area contributed by atoms with E-state index in [2.05, 4.69) is 25.3 Å². The summed E-state index contributed by atoms with van der Waals surface area (Å²) in [5.41, 5.74) is 7.82. The Morgan fingerprint density at radius 2 is 2.04 bits per heavy atom. The summed E-state index contributed by atoms with van der Waals surface area (Å²) >= 11 is 1.55. The molecule has 3 rings (SSSR count). The summed E-state index contributed by atoms with van der Waals surface area (Å²) in [6.45, 7) is 5.93. The highest BCUT2D eigenvalue weighted by atomic mass is 32.1. The van der Waals surface area contributed by atoms with Gasteiger partial charge in [-0.2, -0.15) is 0 Å². The van der Waals surface area contributed by atoms with Gasteiger partial charge in [0, 0.05) is 4.88 Å². The number of oxazole rings is 1. The Morgan fingerprint density at radius 1 is 1.25 bits per heavy atom. The van der Waals surface area contributed by atoms with E-state index in [1.165, 1.54) is 12.5 Å². The number of anilines is 1. The van der Waals surface area contributed by atoms with Crippen LogP contribution in [0.25, 0.3) is 11.6 Å². The van der Waals surface area contributed by atoms with Crippen LogP contribution in [-0.2, 0) is 6.54 Å². The van der Waals surface area contributed by atoms with E-state index in [0.717, 1.165) is 15.6 Å². The molecule has 0 aromatic carbocycles. The number of hydrogen-bond acceptors (Lipinski definition) is 8. The number of hydrogen-bond donors (Lipinski definition) is 2. The van der Waals surface area contributed by atoms with E-state index >= 15 is 0 Å². The molecule has 24 heavy (non-hydrogen) atoms. The summed E-state index contributed by atoms with van der Waals surface area (Å²) in [4.78, 5) is 30.2. The van der Waals surface area contributed by atoms with Crippen molar-refractivity contribution in [3.05, 3.63) is 39.4 Å². The van der Waals surface area contributed by atoms with E-state index in [-0.39, 0.29) is 17.4 Å². The maximum Gasteiger partial charge on any atom is 0.274 e. The van der Waals surface area contributed by atoms with Crippen LogP contribution in [0.1, 0.15) is 31.8 Å². The first-order chi connectivity index (χ1) is 11.5. The zero-order valence-corrected chi connectivity index (χ0v) is 14.3. The molecule has 0 saturated heterocycles. The van der Waals surface area contributed by atoms with Gasteiger partial charge in [-0.05, 0) is 20.8 Å². The van der Waals surface area contributed by atoms with Gasteiger partial charge < -0.3 is 15.5 Å². The minimum atomic E-state index is -0.382. The number of rotatable bonds is 4. The Morgan fingerprint density at radius 3 is 2.67 bits per heavy atom. The molecule has 0 aliphatic rings. The predicted molar refractivity (Wildman–Crippen MR) is 89.4 cm³/mol. The second-order valence-electron chi connectivity index (χ2n) is 5.15. The van der Waals surface area contributed by atoms with E-state index in [9.17, 15) is 4.79 Å². The molecule has 0 aliphatic heterocycles. The van der Waals surface area contributed by atoms with Crippen molar-refractivity contribution < 1.29 is 9.21 Å². The highest BCUT2D eigenvalue weighted by molar-refractivity contribution is 7.11. The van der Waals surface area contributed by atoms with E-state index in [0.29, 0.717) is 23.8 Å². The van der Waals surface area contributed by atoms with Crippen molar-refractivity contribution in [2.24, 2.45) is 0 Å². The average Bonchev–Trinajstić information content (AvgIpc) is 3.16. The first kappa shape index (κ1) is 16.1. The van der Waals surface area contributed by atoms with Gasteiger partial charge in [0.05, 0.1) is 29.1 Å². The quantitative estimate of drug-likeness (QED) is 0.743. The Balaban J connectivity index is 1.80. The molecule has 1 amide bonds. The molecule has 0 spiro atoms. The number of nitrogen functional groups attached to an aromatic ring is 1. The number of carbonyl (C=O) groups is 1. The van der Waals surface area contributed by atoms with E-state index in [1.54, 1.807) is 18.3 Å². The summed E-state index contributed by atoms with van der Waals surface area (Å²) in [6, 6.07) is 0. The third-order valence-corrected chi connectivity index (χ3v) is 4.43. The van der Waals surface area contributed by atoms with Gasteiger partial charge in [0.2, 0.25) is 5.89 Å². The molecule has 0 radical (unpaired) electrons. The normalized spacial score (nSPS) is 10.8. The zero-order valence-electron chi connectivity index (χ0n) is 13.5. The number of amides is 1. The SMILES string of the molecule is Cc1nc(C)c(CNC(=O)c2nc(C)c(-c3ncco3)nc2N)s1. The van der Waals surface area contributed by atoms with Crippen molar-refractivity contribution in [3.63, 3.8) is 0 Å². The van der Waals surface area contributed by atoms with Gasteiger partial charge in [0.15, 0.2) is 11.5 Å². The molecule has 9 heteroatoms. The fraction of sp³-hybridized carbons (Fsp3) is 0.267. The number of aromatic nitrogens is 4. The smallest absolute Gasteiger partial charge is 0.274 e. The molecule has 0 bridgehead atoms. The lowest BCUT2D eigenvalue weighted by Gasteiger charge is -2.08. The predicted octanol–water partition coefficient (Wildman–Crippen LogP) is 2.03. The van der Waals surface area contributed by atoms with Gasteiger partial charge in [-0.15, -0.1) is 11.3 Å². The molecule has 3 N–H and O–H groups in total. The Labute approximate surface area is 142 Å². The summed E-state index contributed by atoms with van der Waals surface area (Å²) in [6.07, 6.45) is 2.94. The Bertz CT molecular complexity index is 888. The lowest BCUT2D eigenvalue weighted by Crippen LogP contribution is -2.25. The minimum absolute atomic E-state index is 0.0310. The van der Waals surface area contributed by atoms with Gasteiger partial charge in [-0.25, -0.2) is 19.9 Å². The van der Waals surface area contributed by atoms with Crippen molar-refractivity contribution in [3.8, 4) is 11.6 Å². The van der Waals surface area contributed by atoms with Gasteiger partial charge in [0.1, 0.15) is 12.0 Å². The van der Waals surface area contributed by atoms with Crippen LogP contribution in [0.4, 0.5) is 5.82 Å². The zero-order chi connectivity index (χ0) is 17.3. The van der Waals surface area contributed by atoms with Crippen LogP contribution in [0.2, 0.25) is 0 Å². The highest BCUT2D eigenvalue weighted by Gasteiger charge is 2.19. The average molecular weight is 344 g/mol. The maximum atomic E-state index is 12.4. The van der Waals surface area contributed by atoms with Gasteiger partial charge in [0.25, 0.3) is 5.91 Å². The van der Waals surface area contributed by atoms with Crippen LogP contribution >= 0.6 is 11.3 Å². The second-order valence-corrected chi connectivity index (χ2v) is 6.44. The molecular weight excluding hydrogens is 328 g/mol. The van der Waals surface area contributed by atoms with E-state index in [1.807, 2.05) is 13.8 Å². The highest BCUT2D eigenvalue weighted by Crippen LogP contribution is 2.21. The molecule has 0 aliphatic carbocycles. The van der Waals surface area contributed by atoms with Crippen molar-refractivity contribution >= 4 is 23.1 Å². The molecule has 0 atom stereocenters. The number of aryl methyl sites for hydroxylation is 3. The van der Waals surface area contributed by atoms with Gasteiger partial charge in [-0.3, -0.25) is 4.79 Å². The number of nitrogens with one attached hydrogen (secondary N) is 1. The molecule has 3 heterocycles. The van der Waals surface area contributed by atoms with Crippen LogP contribution in [0, 0.1) is 20.8 Å². The number of nitrogens with two attached hydrogens (primary N) is 1. The molecule has 0 fully saturated rings. The number of nitrogens with zero attached hydrogens (tertiary/aromatic N) is 4. The topological polar surface area (TPSA) is 120 Å². The summed E-state index contributed by atoms with van der Waals surface area (Å²) in [5, 5.41) is 3.76. The molecule has 0 saturated carbocycles. The van der Waals surface area contributed by atoms with Crippen LogP contribution in [0.15, 0.2) is 16.9 Å². The van der Waals surface area contributed by atoms with Gasteiger partial charge in [-0.1, -0.05) is 0 Å². The van der Waals surface area contributed by atoms with Crippen molar-refractivity contribution in [2.45, 2.75) is 27.3 Å². The number of carbonyl (C=O) groups excluding carboxylic acids is 1. The molecule has 124 valence electrons. The first-order valence-corrected chi connectivity index (χ1v) is 8.02. The molecule has 3 aromatic rings. The second kappa shape index (κ2) is 6.36. The molecule has 0 unspecified atom stereocenters. The summed E-state index contributed by atoms with van der Waals surface area (Å²) in [7, 11) is 0. The van der Waals surface area contributed by atoms with Crippen LogP contribution in [0.3, 0.4) is 0 Å². The van der Waals surface area contributed by atoms with Crippen LogP contribution in [-0.4, -0.2) is 25.8 Å². The standard InChI is InChI=1S/C15H16N6O2S/c1-7-10(24-9(3)19-7)6-18-14(22)12-13(16)21-11(8(2)20-12)15-17-4-5-23-15/h4-5H,6H2,1-3H3,(H2,16,21)(H,18,22). The van der Waals surface area contributed by atoms with Gasteiger partial charge >= 0.3 is 0 Å². The number of thiazole rings is 1. The third kappa shape index (κ3) is 3.11. The van der Waals surface area contributed by atoms with E-state index < -0.39 is 0 Å². The van der Waals surface area contributed by atoms with E-state index in [4.69, 9.17) is 10.2 Å². The van der Waals surface area contributed by atoms with Crippen LogP contribution in [0.5, 0.6) is 0 Å². The van der Waals surface area contributed by atoms with Crippen LogP contribution < -0.4 is 11.1 Å². The fourth-order valence-electron chi connectivity index (χ4n) is 2.22. The first-order valence-electron chi connectivity index (χ1n) is 7.20. The van der Waals surface area contributed by atoms with Crippen molar-refractivity contribution in [2.75, 3.05) is 5.73 Å². The maximum absolute atomic E-state index is 12.4. The fourth-order valence-corrected chi connectivity index (χ4v) is 3.10. The largest absolute Gasteiger partial charge is 0.443 e. The summed E-state index contributed by atoms with van der Waals surface area (Å²) < 4.78 is 5.20. The monoisotopic (exact) mass is 344 g/mol. The lowest BCUT2D eigenvalue weighted by atomic mass is 10.2. The minimum Gasteiger partial charge on any atom is -0.443 e. The third-order valence-electron chi connectivity index (χ3n) is 3.36. The summed E-state index contributed by atoms with van der Waals surface area (Å²) in [5.74, 6) is -0.0366. The molecule has 8 nitrogen and oxygen atoms in total. The molecular formula is C15H16N6O2S. The van der Waals surface area contributed by atoms with Crippen molar-refractivity contribution in [1.82, 2.24) is 25.3 Å².